The van der Waals surface area contributed by atoms with E-state index in [1.807, 2.05) is 48.3 Å². The van der Waals surface area contributed by atoms with E-state index in [-0.39, 0.29) is 6.03 Å². The van der Waals surface area contributed by atoms with Crippen molar-refractivity contribution in [2.24, 2.45) is 7.05 Å². The van der Waals surface area contributed by atoms with Crippen molar-refractivity contribution < 1.29 is 4.79 Å². The lowest BCUT2D eigenvalue weighted by molar-refractivity contribution is 0.148. The number of urea groups is 1. The monoisotopic (exact) mass is 341 g/mol. The predicted molar refractivity (Wildman–Crippen MR) is 99.6 cm³/mol. The number of aryl methyl sites for hydroxylation is 1. The Morgan fingerprint density at radius 2 is 2.12 bits per heavy atom. The highest BCUT2D eigenvalue weighted by Gasteiger charge is 2.22. The van der Waals surface area contributed by atoms with Gasteiger partial charge in [-0.1, -0.05) is 24.6 Å². The molecular formula is C19H27N5O. The molecule has 2 amide bonds. The average molecular weight is 341 g/mol. The van der Waals surface area contributed by atoms with Crippen LogP contribution in [0.5, 0.6) is 0 Å². The maximum absolute atomic E-state index is 12.1. The fourth-order valence-corrected chi connectivity index (χ4v) is 3.37. The fraction of sp³-hybridized carbons (Fsp3) is 0.474. The van der Waals surface area contributed by atoms with Crippen molar-refractivity contribution in [2.45, 2.75) is 31.7 Å². The highest BCUT2D eigenvalue weighted by Crippen LogP contribution is 2.17. The summed E-state index contributed by atoms with van der Waals surface area (Å²) in [7, 11) is 1.95. The second kappa shape index (κ2) is 8.67. The molecular weight excluding hydrogens is 314 g/mol. The van der Waals surface area contributed by atoms with Gasteiger partial charge in [-0.25, -0.2) is 4.79 Å². The molecule has 0 bridgehead atoms. The molecule has 2 heterocycles. The molecule has 0 saturated carbocycles. The molecule has 0 radical (unpaired) electrons. The van der Waals surface area contributed by atoms with Crippen molar-refractivity contribution in [1.29, 1.82) is 0 Å². The highest BCUT2D eigenvalue weighted by atomic mass is 16.2. The van der Waals surface area contributed by atoms with Gasteiger partial charge in [-0.05, 0) is 43.5 Å². The molecule has 1 saturated heterocycles. The van der Waals surface area contributed by atoms with Gasteiger partial charge in [0.15, 0.2) is 0 Å². The van der Waals surface area contributed by atoms with Crippen LogP contribution in [0.1, 0.15) is 24.8 Å². The van der Waals surface area contributed by atoms with Crippen LogP contribution < -0.4 is 10.6 Å². The zero-order chi connectivity index (χ0) is 17.5. The highest BCUT2D eigenvalue weighted by molar-refractivity contribution is 5.89. The molecule has 6 nitrogen and oxygen atoms in total. The summed E-state index contributed by atoms with van der Waals surface area (Å²) in [5.41, 5.74) is 2.08. The van der Waals surface area contributed by atoms with E-state index in [2.05, 4.69) is 26.8 Å². The molecule has 1 fully saturated rings. The van der Waals surface area contributed by atoms with E-state index in [1.54, 1.807) is 0 Å². The smallest absolute Gasteiger partial charge is 0.319 e. The number of carbonyl (C=O) groups excluding carboxylic acids is 1. The van der Waals surface area contributed by atoms with Gasteiger partial charge in [0.1, 0.15) is 0 Å². The number of carbonyl (C=O) groups is 1. The SMILES string of the molecule is Cn1cc(CCN2CCCC[C@@H]2CNC(=O)Nc2ccccc2)cn1. The van der Waals surface area contributed by atoms with Gasteiger partial charge in [0.2, 0.25) is 0 Å². The number of benzene rings is 1. The van der Waals surface area contributed by atoms with Crippen molar-refractivity contribution in [3.63, 3.8) is 0 Å². The Morgan fingerprint density at radius 1 is 1.28 bits per heavy atom. The number of anilines is 1. The lowest BCUT2D eigenvalue weighted by Crippen LogP contribution is -2.48. The van der Waals surface area contributed by atoms with Crippen molar-refractivity contribution >= 4 is 11.7 Å². The zero-order valence-electron chi connectivity index (χ0n) is 14.8. The number of aromatic nitrogens is 2. The normalized spacial score (nSPS) is 18.0. The first-order chi connectivity index (χ1) is 12.2. The Morgan fingerprint density at radius 3 is 2.88 bits per heavy atom. The van der Waals surface area contributed by atoms with Gasteiger partial charge in [0.05, 0.1) is 6.20 Å². The van der Waals surface area contributed by atoms with Gasteiger partial charge in [-0.3, -0.25) is 9.58 Å². The number of hydrogen-bond acceptors (Lipinski definition) is 3. The van der Waals surface area contributed by atoms with Crippen LogP contribution in [-0.4, -0.2) is 46.4 Å². The average Bonchev–Trinajstić information content (AvgIpc) is 3.05. The van der Waals surface area contributed by atoms with E-state index >= 15 is 0 Å². The number of likely N-dealkylation sites (tertiary alicyclic amines) is 1. The molecule has 25 heavy (non-hydrogen) atoms. The molecule has 0 spiro atoms. The zero-order valence-corrected chi connectivity index (χ0v) is 14.8. The van der Waals surface area contributed by atoms with E-state index in [9.17, 15) is 4.79 Å². The quantitative estimate of drug-likeness (QED) is 0.849. The third-order valence-corrected chi connectivity index (χ3v) is 4.73. The van der Waals surface area contributed by atoms with Gasteiger partial charge >= 0.3 is 6.03 Å². The predicted octanol–water partition coefficient (Wildman–Crippen LogP) is 2.64. The van der Waals surface area contributed by atoms with Crippen LogP contribution in [0.3, 0.4) is 0 Å². The summed E-state index contributed by atoms with van der Waals surface area (Å²) in [6.07, 6.45) is 8.62. The molecule has 1 aromatic heterocycles. The fourth-order valence-electron chi connectivity index (χ4n) is 3.37. The van der Waals surface area contributed by atoms with E-state index in [0.29, 0.717) is 12.6 Å². The van der Waals surface area contributed by atoms with Gasteiger partial charge in [-0.15, -0.1) is 0 Å². The Hall–Kier alpha value is -2.34. The third-order valence-electron chi connectivity index (χ3n) is 4.73. The summed E-state index contributed by atoms with van der Waals surface area (Å²) >= 11 is 0. The Kier molecular flexibility index (Phi) is 6.06. The second-order valence-electron chi connectivity index (χ2n) is 6.66. The molecule has 1 aliphatic heterocycles. The minimum absolute atomic E-state index is 0.135. The van der Waals surface area contributed by atoms with Crippen LogP contribution in [0, 0.1) is 0 Å². The van der Waals surface area contributed by atoms with Crippen LogP contribution in [0.25, 0.3) is 0 Å². The summed E-state index contributed by atoms with van der Waals surface area (Å²) < 4.78 is 1.85. The van der Waals surface area contributed by atoms with Gasteiger partial charge < -0.3 is 10.6 Å². The van der Waals surface area contributed by atoms with Gasteiger partial charge in [-0.2, -0.15) is 5.10 Å². The molecule has 3 rings (SSSR count). The molecule has 0 aliphatic carbocycles. The summed E-state index contributed by atoms with van der Waals surface area (Å²) in [5.74, 6) is 0. The van der Waals surface area contributed by atoms with E-state index in [0.717, 1.165) is 31.6 Å². The standard InChI is InChI=1S/C19H27N5O/c1-23-15-16(13-21-23)10-12-24-11-6-5-9-18(24)14-20-19(25)22-17-7-3-2-4-8-17/h2-4,7-8,13,15,18H,5-6,9-12,14H2,1H3,(H2,20,22,25)/t18-/m1/s1. The lowest BCUT2D eigenvalue weighted by atomic mass is 10.0. The van der Waals surface area contributed by atoms with E-state index in [1.165, 1.54) is 18.4 Å². The van der Waals surface area contributed by atoms with Crippen LogP contribution in [0.2, 0.25) is 0 Å². The van der Waals surface area contributed by atoms with Crippen molar-refractivity contribution in [2.75, 3.05) is 25.0 Å². The Balaban J connectivity index is 1.46. The first-order valence-corrected chi connectivity index (χ1v) is 9.02. The number of hydrogen-bond donors (Lipinski definition) is 2. The summed E-state index contributed by atoms with van der Waals surface area (Å²) in [6.45, 7) is 2.80. The largest absolute Gasteiger partial charge is 0.336 e. The molecule has 6 heteroatoms. The second-order valence-corrected chi connectivity index (χ2v) is 6.66. The van der Waals surface area contributed by atoms with Crippen molar-refractivity contribution in [3.8, 4) is 0 Å². The van der Waals surface area contributed by atoms with Crippen LogP contribution in [-0.2, 0) is 13.5 Å². The molecule has 1 aromatic carbocycles. The molecule has 134 valence electrons. The number of rotatable bonds is 6. The molecule has 1 aliphatic rings. The van der Waals surface area contributed by atoms with Crippen molar-refractivity contribution in [1.82, 2.24) is 20.0 Å². The topological polar surface area (TPSA) is 62.2 Å². The Labute approximate surface area is 149 Å². The minimum atomic E-state index is -0.135. The summed E-state index contributed by atoms with van der Waals surface area (Å²) in [4.78, 5) is 14.6. The van der Waals surface area contributed by atoms with Gasteiger partial charge in [0, 0.05) is 38.1 Å². The molecule has 2 aromatic rings. The maximum Gasteiger partial charge on any atom is 0.319 e. The number of piperidine rings is 1. The van der Waals surface area contributed by atoms with Crippen LogP contribution in [0.15, 0.2) is 42.7 Å². The summed E-state index contributed by atoms with van der Waals surface area (Å²) in [5, 5.41) is 10.1. The first kappa shape index (κ1) is 17.5. The van der Waals surface area contributed by atoms with Crippen LogP contribution >= 0.6 is 0 Å². The first-order valence-electron chi connectivity index (χ1n) is 9.02. The minimum Gasteiger partial charge on any atom is -0.336 e. The Bertz CT molecular complexity index is 669. The summed E-state index contributed by atoms with van der Waals surface area (Å²) in [6, 6.07) is 9.82. The number of para-hydroxylation sites is 1. The van der Waals surface area contributed by atoms with E-state index in [4.69, 9.17) is 0 Å². The molecule has 1 atom stereocenters. The third kappa shape index (κ3) is 5.32. The van der Waals surface area contributed by atoms with Crippen LogP contribution in [0.4, 0.5) is 10.5 Å². The van der Waals surface area contributed by atoms with Gasteiger partial charge in [0.25, 0.3) is 0 Å². The lowest BCUT2D eigenvalue weighted by Gasteiger charge is -2.35. The molecule has 2 N–H and O–H groups in total. The number of amides is 2. The maximum atomic E-state index is 12.1. The number of nitrogens with one attached hydrogen (secondary N) is 2. The molecule has 0 unspecified atom stereocenters. The van der Waals surface area contributed by atoms with E-state index < -0.39 is 0 Å². The van der Waals surface area contributed by atoms with Crippen molar-refractivity contribution in [3.05, 3.63) is 48.3 Å². The number of nitrogens with zero attached hydrogens (tertiary/aromatic N) is 3.